The van der Waals surface area contributed by atoms with Crippen LogP contribution in [0.3, 0.4) is 0 Å². The number of para-hydroxylation sites is 1. The summed E-state index contributed by atoms with van der Waals surface area (Å²) in [6.07, 6.45) is 2.01. The van der Waals surface area contributed by atoms with Crippen molar-refractivity contribution in [1.29, 1.82) is 0 Å². The Morgan fingerprint density at radius 1 is 1.03 bits per heavy atom. The van der Waals surface area contributed by atoms with E-state index in [-0.39, 0.29) is 6.10 Å². The van der Waals surface area contributed by atoms with Crippen molar-refractivity contribution in [1.82, 2.24) is 9.47 Å². The Morgan fingerprint density at radius 3 is 2.29 bits per heavy atom. The number of fused-ring (bicyclic) bond motifs is 4. The highest BCUT2D eigenvalue weighted by atomic mass is 28.4. The smallest absolute Gasteiger partial charge is 0.200 e. The summed E-state index contributed by atoms with van der Waals surface area (Å²) >= 11 is 0. The molecule has 0 saturated carbocycles. The molecule has 1 unspecified atom stereocenters. The summed E-state index contributed by atoms with van der Waals surface area (Å²) in [7, 11) is 0.329. The Morgan fingerprint density at radius 2 is 1.68 bits per heavy atom. The van der Waals surface area contributed by atoms with Crippen LogP contribution in [0.2, 0.25) is 16.6 Å². The lowest BCUT2D eigenvalue weighted by molar-refractivity contribution is -0.137. The number of aliphatic hydroxyl groups is 1. The van der Waals surface area contributed by atoms with Crippen LogP contribution in [0.5, 0.6) is 0 Å². The van der Waals surface area contributed by atoms with Gasteiger partial charge in [0.1, 0.15) is 0 Å². The first-order valence-electron chi connectivity index (χ1n) is 13.7. The molecule has 7 atom stereocenters. The van der Waals surface area contributed by atoms with E-state index in [2.05, 4.69) is 82.3 Å². The second-order valence-corrected chi connectivity index (χ2v) is 18.0. The number of hydrogen-bond acceptors (Lipinski definition) is 3. The quantitative estimate of drug-likeness (QED) is 0.472. The minimum atomic E-state index is -1.93. The van der Waals surface area contributed by atoms with Gasteiger partial charge in [0, 0.05) is 54.7 Å². The highest BCUT2D eigenvalue weighted by Crippen LogP contribution is 2.56. The fourth-order valence-electron chi connectivity index (χ4n) is 8.83. The topological polar surface area (TPSA) is 37.6 Å². The predicted octanol–water partition coefficient (Wildman–Crippen LogP) is 6.28. The van der Waals surface area contributed by atoms with Crippen LogP contribution in [0.15, 0.2) is 24.3 Å². The first-order valence-corrected chi connectivity index (χ1v) is 15.9. The Bertz CT molecular complexity index is 1020. The maximum Gasteiger partial charge on any atom is 0.200 e. The molecule has 4 bridgehead atoms. The van der Waals surface area contributed by atoms with Gasteiger partial charge < -0.3 is 14.1 Å². The van der Waals surface area contributed by atoms with E-state index in [4.69, 9.17) is 4.43 Å². The molecule has 3 fully saturated rings. The number of aryl methyl sites for hydroxylation is 1. The van der Waals surface area contributed by atoms with Crippen LogP contribution in [0, 0.1) is 17.8 Å². The molecule has 3 saturated heterocycles. The van der Waals surface area contributed by atoms with Crippen LogP contribution >= 0.6 is 0 Å². The maximum absolute atomic E-state index is 10.8. The van der Waals surface area contributed by atoms with Gasteiger partial charge in [-0.25, -0.2) is 0 Å². The third kappa shape index (κ3) is 3.41. The van der Waals surface area contributed by atoms with E-state index in [0.29, 0.717) is 46.5 Å². The average Bonchev–Trinajstić information content (AvgIpc) is 3.06. The number of aromatic nitrogens is 1. The van der Waals surface area contributed by atoms with E-state index < -0.39 is 8.32 Å². The zero-order valence-electron chi connectivity index (χ0n) is 22.6. The largest absolute Gasteiger partial charge is 0.416 e. The van der Waals surface area contributed by atoms with E-state index in [0.717, 1.165) is 26.0 Å². The number of benzene rings is 1. The lowest BCUT2D eigenvalue weighted by atomic mass is 9.61. The van der Waals surface area contributed by atoms with Gasteiger partial charge in [-0.05, 0) is 53.9 Å². The summed E-state index contributed by atoms with van der Waals surface area (Å²) < 4.78 is 9.69. The molecule has 0 radical (unpaired) electrons. The second kappa shape index (κ2) is 8.76. The number of aliphatic hydroxyl groups excluding tert-OH is 1. The van der Waals surface area contributed by atoms with Gasteiger partial charge in [-0.3, -0.25) is 4.90 Å². The molecule has 1 aromatic heterocycles. The molecule has 5 heteroatoms. The van der Waals surface area contributed by atoms with Gasteiger partial charge in [0.25, 0.3) is 0 Å². The molecule has 0 spiro atoms. The maximum atomic E-state index is 10.8. The van der Waals surface area contributed by atoms with Crippen LogP contribution in [-0.2, 0) is 17.9 Å². The predicted molar refractivity (Wildman–Crippen MR) is 144 cm³/mol. The van der Waals surface area contributed by atoms with Crippen LogP contribution in [0.4, 0.5) is 0 Å². The van der Waals surface area contributed by atoms with Gasteiger partial charge in [0.2, 0.25) is 0 Å². The number of nitrogens with zero attached hydrogens (tertiary/aromatic N) is 2. The first-order chi connectivity index (χ1) is 16.1. The van der Waals surface area contributed by atoms with Crippen LogP contribution in [-0.4, -0.2) is 48.2 Å². The summed E-state index contributed by atoms with van der Waals surface area (Å²) in [5.74, 6) is 1.38. The third-order valence-electron chi connectivity index (χ3n) is 10.2. The van der Waals surface area contributed by atoms with Crippen molar-refractivity contribution < 1.29 is 9.53 Å². The molecule has 188 valence electrons. The molecule has 4 aliphatic rings. The average molecular weight is 483 g/mol. The minimum Gasteiger partial charge on any atom is -0.416 e. The van der Waals surface area contributed by atoms with Crippen molar-refractivity contribution in [3.63, 3.8) is 0 Å². The van der Waals surface area contributed by atoms with Gasteiger partial charge in [0.15, 0.2) is 8.32 Å². The molecule has 0 amide bonds. The number of rotatable bonds is 7. The molecule has 1 aromatic carbocycles. The molecular formula is C29H46N2O2Si. The van der Waals surface area contributed by atoms with Gasteiger partial charge in [-0.1, -0.05) is 59.7 Å². The van der Waals surface area contributed by atoms with Crippen molar-refractivity contribution in [2.75, 3.05) is 13.2 Å². The Kier molecular flexibility index (Phi) is 6.32. The summed E-state index contributed by atoms with van der Waals surface area (Å²) in [5, 5.41) is 12.2. The molecule has 5 heterocycles. The minimum absolute atomic E-state index is 0.259. The van der Waals surface area contributed by atoms with Crippen LogP contribution < -0.4 is 0 Å². The van der Waals surface area contributed by atoms with Crippen LogP contribution in [0.25, 0.3) is 10.9 Å². The molecule has 0 aliphatic carbocycles. The highest BCUT2D eigenvalue weighted by Gasteiger charge is 2.57. The summed E-state index contributed by atoms with van der Waals surface area (Å²) in [6.45, 7) is 18.2. The van der Waals surface area contributed by atoms with Crippen molar-refractivity contribution >= 4 is 19.2 Å². The van der Waals surface area contributed by atoms with Gasteiger partial charge in [0.05, 0.1) is 12.1 Å². The molecule has 34 heavy (non-hydrogen) atoms. The second-order valence-electron chi connectivity index (χ2n) is 12.5. The molecule has 4 aliphatic heterocycles. The molecule has 6 rings (SSSR count). The van der Waals surface area contributed by atoms with E-state index in [9.17, 15) is 5.11 Å². The number of hydrogen-bond donors (Lipinski definition) is 1. The molecule has 1 N–H and O–H groups in total. The van der Waals surface area contributed by atoms with Crippen molar-refractivity contribution in [3.8, 4) is 0 Å². The first kappa shape index (κ1) is 24.5. The fraction of sp³-hybridized carbons (Fsp3) is 0.724. The van der Waals surface area contributed by atoms with Gasteiger partial charge in [-0.2, -0.15) is 0 Å². The molecular weight excluding hydrogens is 436 g/mol. The van der Waals surface area contributed by atoms with Gasteiger partial charge in [-0.15, -0.1) is 0 Å². The fourth-order valence-corrected chi connectivity index (χ4v) is 14.3. The van der Waals surface area contributed by atoms with Crippen molar-refractivity contribution in [3.05, 3.63) is 35.5 Å². The Labute approximate surface area is 207 Å². The summed E-state index contributed by atoms with van der Waals surface area (Å²) in [4.78, 5) is 2.77. The highest BCUT2D eigenvalue weighted by molar-refractivity contribution is 6.77. The number of piperidine rings is 3. The van der Waals surface area contributed by atoms with E-state index >= 15 is 0 Å². The summed E-state index contributed by atoms with van der Waals surface area (Å²) in [6, 6.07) is 9.96. The lowest BCUT2D eigenvalue weighted by Crippen LogP contribution is -2.65. The SMILES string of the molecule is CC(C)[Si](OC[C@@H]1[C@H]2C[C@H]3c4c(c5ccccc5n4C)C[C@@H]1N3C[C@H]2[C@H](C)O)(C(C)C)C(C)C. The Hall–Kier alpha value is -1.14. The zero-order valence-corrected chi connectivity index (χ0v) is 23.6. The summed E-state index contributed by atoms with van der Waals surface area (Å²) in [5.41, 5.74) is 6.27. The standard InChI is InChI=1S/C29H46N2O2Si/c1-17(2)34(18(3)4,19(5)6)33-16-25-22-13-28-29-23(21-11-9-10-12-26(21)30(29)8)14-27(25)31(28)15-24(22)20(7)32/h9-12,17-20,22,24-25,27-28,32H,13-16H2,1-8H3/t20-,22-,24-,25+,27-,28-/m0/s1. The Balaban J connectivity index is 1.53. The van der Waals surface area contributed by atoms with Crippen molar-refractivity contribution in [2.24, 2.45) is 24.8 Å². The zero-order chi connectivity index (χ0) is 24.5. The van der Waals surface area contributed by atoms with Gasteiger partial charge >= 0.3 is 0 Å². The lowest BCUT2D eigenvalue weighted by Gasteiger charge is -2.61. The van der Waals surface area contributed by atoms with E-state index in [1.807, 2.05) is 6.92 Å². The normalized spacial score (nSPS) is 31.6. The molecule has 4 nitrogen and oxygen atoms in total. The van der Waals surface area contributed by atoms with E-state index in [1.54, 1.807) is 5.56 Å². The monoisotopic (exact) mass is 482 g/mol. The molecule has 2 aromatic rings. The van der Waals surface area contributed by atoms with Crippen molar-refractivity contribution in [2.45, 2.75) is 96.1 Å². The van der Waals surface area contributed by atoms with E-state index in [1.165, 1.54) is 16.6 Å². The van der Waals surface area contributed by atoms with Crippen LogP contribution in [0.1, 0.15) is 72.2 Å². The third-order valence-corrected chi connectivity index (χ3v) is 16.3.